The summed E-state index contributed by atoms with van der Waals surface area (Å²) >= 11 is 0. The van der Waals surface area contributed by atoms with Gasteiger partial charge >= 0.3 is 0 Å². The van der Waals surface area contributed by atoms with E-state index >= 15 is 0 Å². The first-order valence-electron chi connectivity index (χ1n) is 8.01. The van der Waals surface area contributed by atoms with Crippen molar-refractivity contribution < 1.29 is 14.3 Å². The number of methoxy groups -OCH3 is 1. The van der Waals surface area contributed by atoms with Crippen LogP contribution in [0.3, 0.4) is 0 Å². The molecule has 0 radical (unpaired) electrons. The molecule has 5 nitrogen and oxygen atoms in total. The first-order chi connectivity index (χ1) is 10.7. The van der Waals surface area contributed by atoms with Crippen LogP contribution in [0.25, 0.3) is 0 Å². The highest BCUT2D eigenvalue weighted by molar-refractivity contribution is 5.81. The highest BCUT2D eigenvalue weighted by Crippen LogP contribution is 2.41. The number of ether oxygens (including phenoxy) is 2. The van der Waals surface area contributed by atoms with Gasteiger partial charge in [-0.2, -0.15) is 0 Å². The van der Waals surface area contributed by atoms with Crippen molar-refractivity contribution in [2.75, 3.05) is 13.7 Å². The minimum Gasteiger partial charge on any atom is -0.497 e. The molecule has 2 fully saturated rings. The van der Waals surface area contributed by atoms with Crippen molar-refractivity contribution in [2.24, 2.45) is 11.7 Å². The largest absolute Gasteiger partial charge is 0.497 e. The smallest absolute Gasteiger partial charge is 0.249 e. The maximum Gasteiger partial charge on any atom is 0.249 e. The second-order valence-electron chi connectivity index (χ2n) is 6.16. The molecule has 120 valence electrons. The van der Waals surface area contributed by atoms with Crippen molar-refractivity contribution in [3.8, 4) is 5.75 Å². The fraction of sp³-hybridized carbons (Fsp3) is 0.588. The summed E-state index contributed by atoms with van der Waals surface area (Å²) in [6, 6.07) is 8.00. The van der Waals surface area contributed by atoms with Crippen molar-refractivity contribution in [3.05, 3.63) is 29.8 Å². The lowest BCUT2D eigenvalue weighted by molar-refractivity contribution is -0.132. The molecule has 1 aromatic carbocycles. The van der Waals surface area contributed by atoms with Crippen LogP contribution in [-0.4, -0.2) is 31.8 Å². The summed E-state index contributed by atoms with van der Waals surface area (Å²) in [5, 5.41) is 3.17. The number of hydrogen-bond acceptors (Lipinski definition) is 4. The molecular weight excluding hydrogens is 280 g/mol. The minimum atomic E-state index is -0.354. The molecule has 1 amide bonds. The Kier molecular flexibility index (Phi) is 4.64. The Morgan fingerprint density at radius 3 is 2.59 bits per heavy atom. The zero-order chi connectivity index (χ0) is 15.5. The van der Waals surface area contributed by atoms with E-state index in [1.54, 1.807) is 7.11 Å². The summed E-state index contributed by atoms with van der Waals surface area (Å²) in [7, 11) is 1.65. The Labute approximate surface area is 131 Å². The predicted octanol–water partition coefficient (Wildman–Crippen LogP) is 1.77. The van der Waals surface area contributed by atoms with E-state index in [9.17, 15) is 4.79 Å². The van der Waals surface area contributed by atoms with Gasteiger partial charge in [-0.1, -0.05) is 12.1 Å². The van der Waals surface area contributed by atoms with Crippen LogP contribution >= 0.6 is 0 Å². The van der Waals surface area contributed by atoms with Crippen LogP contribution in [0.15, 0.2) is 24.3 Å². The highest BCUT2D eigenvalue weighted by atomic mass is 16.5. The fourth-order valence-electron chi connectivity index (χ4n) is 3.03. The van der Waals surface area contributed by atoms with Gasteiger partial charge in [-0.25, -0.2) is 0 Å². The number of carbonyl (C=O) groups is 1. The van der Waals surface area contributed by atoms with Crippen LogP contribution in [0.4, 0.5) is 0 Å². The van der Waals surface area contributed by atoms with Gasteiger partial charge < -0.3 is 20.5 Å². The Morgan fingerprint density at radius 1 is 1.32 bits per heavy atom. The number of nitrogens with one attached hydrogen (secondary N) is 1. The summed E-state index contributed by atoms with van der Waals surface area (Å²) in [5.41, 5.74) is 6.74. The Bertz CT molecular complexity index is 513. The Balaban J connectivity index is 1.65. The number of nitrogens with two attached hydrogens (primary N) is 1. The monoisotopic (exact) mass is 304 g/mol. The maximum absolute atomic E-state index is 12.4. The van der Waals surface area contributed by atoms with E-state index in [4.69, 9.17) is 15.2 Å². The molecule has 3 atom stereocenters. The quantitative estimate of drug-likeness (QED) is 0.840. The fourth-order valence-corrected chi connectivity index (χ4v) is 3.03. The van der Waals surface area contributed by atoms with Crippen LogP contribution in [0.2, 0.25) is 0 Å². The van der Waals surface area contributed by atoms with E-state index < -0.39 is 0 Å². The standard InChI is InChI=1S/C17H24N2O3/c1-21-13-6-4-12(5-7-13)16(11-2-3-11)19-17(20)15-9-8-14(10-18)22-15/h4-7,11,14-16H,2-3,8-10,18H2,1H3,(H,19,20)/t14-,15+,16?/m1/s1. The Morgan fingerprint density at radius 2 is 2.05 bits per heavy atom. The number of rotatable bonds is 6. The van der Waals surface area contributed by atoms with Gasteiger partial charge in [0.25, 0.3) is 0 Å². The first kappa shape index (κ1) is 15.3. The van der Waals surface area contributed by atoms with E-state index in [-0.39, 0.29) is 24.2 Å². The molecule has 3 N–H and O–H groups in total. The number of benzene rings is 1. The van der Waals surface area contributed by atoms with Crippen molar-refractivity contribution in [1.29, 1.82) is 0 Å². The average Bonchev–Trinajstić information content (AvgIpc) is 3.28. The molecule has 2 aliphatic rings. The zero-order valence-electron chi connectivity index (χ0n) is 13.0. The molecule has 1 saturated carbocycles. The number of carbonyl (C=O) groups excluding carboxylic acids is 1. The molecule has 0 spiro atoms. The van der Waals surface area contributed by atoms with Crippen molar-refractivity contribution in [3.63, 3.8) is 0 Å². The molecule has 1 unspecified atom stereocenters. The van der Waals surface area contributed by atoms with Gasteiger partial charge in [0.2, 0.25) is 5.91 Å². The molecule has 22 heavy (non-hydrogen) atoms. The van der Waals surface area contributed by atoms with E-state index in [2.05, 4.69) is 5.32 Å². The SMILES string of the molecule is COc1ccc(C(NC(=O)[C@@H]2CC[C@H](CN)O2)C2CC2)cc1. The summed E-state index contributed by atoms with van der Waals surface area (Å²) in [6.07, 6.45) is 3.62. The molecule has 1 saturated heterocycles. The van der Waals surface area contributed by atoms with Crippen LogP contribution in [0.5, 0.6) is 5.75 Å². The normalized spacial score (nSPS) is 25.7. The molecule has 0 bridgehead atoms. The van der Waals surface area contributed by atoms with Crippen LogP contribution < -0.4 is 15.8 Å². The molecule has 0 aromatic heterocycles. The summed E-state index contributed by atoms with van der Waals surface area (Å²) in [4.78, 5) is 12.4. The van der Waals surface area contributed by atoms with Crippen molar-refractivity contribution >= 4 is 5.91 Å². The van der Waals surface area contributed by atoms with Gasteiger partial charge in [-0.15, -0.1) is 0 Å². The molecule has 3 rings (SSSR count). The topological polar surface area (TPSA) is 73.6 Å². The third-order valence-corrected chi connectivity index (χ3v) is 4.53. The molecule has 1 aromatic rings. The third kappa shape index (κ3) is 3.42. The van der Waals surface area contributed by atoms with Gasteiger partial charge in [-0.3, -0.25) is 4.79 Å². The second kappa shape index (κ2) is 6.67. The third-order valence-electron chi connectivity index (χ3n) is 4.53. The zero-order valence-corrected chi connectivity index (χ0v) is 13.0. The lowest BCUT2D eigenvalue weighted by Gasteiger charge is -2.21. The first-order valence-corrected chi connectivity index (χ1v) is 8.01. The minimum absolute atomic E-state index is 0.0105. The lowest BCUT2D eigenvalue weighted by atomic mass is 10.0. The molecule has 1 aliphatic carbocycles. The van der Waals surface area contributed by atoms with Gasteiger partial charge in [0.1, 0.15) is 11.9 Å². The van der Waals surface area contributed by atoms with E-state index in [0.717, 1.165) is 37.0 Å². The van der Waals surface area contributed by atoms with Gasteiger partial charge in [0.05, 0.1) is 19.3 Å². The van der Waals surface area contributed by atoms with Crippen LogP contribution in [0.1, 0.15) is 37.3 Å². The van der Waals surface area contributed by atoms with Crippen molar-refractivity contribution in [1.82, 2.24) is 5.32 Å². The molecule has 1 heterocycles. The molecule has 5 heteroatoms. The van der Waals surface area contributed by atoms with Gasteiger partial charge in [0, 0.05) is 6.54 Å². The Hall–Kier alpha value is -1.59. The van der Waals surface area contributed by atoms with Gasteiger partial charge in [-0.05, 0) is 49.3 Å². The van der Waals surface area contributed by atoms with Crippen molar-refractivity contribution in [2.45, 2.75) is 43.9 Å². The van der Waals surface area contributed by atoms with Gasteiger partial charge in [0.15, 0.2) is 0 Å². The summed E-state index contributed by atoms with van der Waals surface area (Å²) in [6.45, 7) is 0.480. The van der Waals surface area contributed by atoms with Crippen LogP contribution in [0, 0.1) is 5.92 Å². The lowest BCUT2D eigenvalue weighted by Crippen LogP contribution is -2.38. The predicted molar refractivity (Wildman–Crippen MR) is 83.6 cm³/mol. The van der Waals surface area contributed by atoms with Crippen LogP contribution in [-0.2, 0) is 9.53 Å². The summed E-state index contributed by atoms with van der Waals surface area (Å²) < 4.78 is 10.9. The maximum atomic E-state index is 12.4. The number of hydrogen-bond donors (Lipinski definition) is 2. The van der Waals surface area contributed by atoms with E-state index in [1.165, 1.54) is 0 Å². The van der Waals surface area contributed by atoms with E-state index in [0.29, 0.717) is 12.5 Å². The number of amides is 1. The molecular formula is C17H24N2O3. The highest BCUT2D eigenvalue weighted by Gasteiger charge is 2.36. The molecule has 1 aliphatic heterocycles. The average molecular weight is 304 g/mol. The van der Waals surface area contributed by atoms with E-state index in [1.807, 2.05) is 24.3 Å². The second-order valence-corrected chi connectivity index (χ2v) is 6.16. The summed E-state index contributed by atoms with van der Waals surface area (Å²) in [5.74, 6) is 1.35.